The first-order valence-electron chi connectivity index (χ1n) is 4.48. The minimum absolute atomic E-state index is 0.149. The fourth-order valence-electron chi connectivity index (χ4n) is 1.03. The fraction of sp³-hybridized carbons (Fsp3) is 0.273. The van der Waals surface area contributed by atoms with Gasteiger partial charge in [-0.2, -0.15) is 0 Å². The summed E-state index contributed by atoms with van der Waals surface area (Å²) in [7, 11) is 0. The van der Waals surface area contributed by atoms with Crippen molar-refractivity contribution in [3.8, 4) is 0 Å². The van der Waals surface area contributed by atoms with E-state index in [0.717, 1.165) is 9.13 Å². The number of rotatable bonds is 4. The number of hydrogen-bond donors (Lipinski definition) is 0. The Labute approximate surface area is 102 Å². The molecule has 0 aliphatic heterocycles. The van der Waals surface area contributed by atoms with Gasteiger partial charge < -0.3 is 4.74 Å². The second-order valence-electron chi connectivity index (χ2n) is 3.13. The Kier molecular flexibility index (Phi) is 4.74. The van der Waals surface area contributed by atoms with Gasteiger partial charge in [0.15, 0.2) is 0 Å². The van der Waals surface area contributed by atoms with Crippen molar-refractivity contribution in [2.75, 3.05) is 0 Å². The van der Waals surface area contributed by atoms with Crippen LogP contribution in [-0.4, -0.2) is 11.8 Å². The summed E-state index contributed by atoms with van der Waals surface area (Å²) in [5.74, 6) is -0.648. The molecule has 3 nitrogen and oxygen atoms in total. The average molecular weight is 318 g/mol. The summed E-state index contributed by atoms with van der Waals surface area (Å²) in [4.78, 5) is 21.7. The zero-order valence-corrected chi connectivity index (χ0v) is 10.5. The normalized spacial score (nSPS) is 9.73. The number of hydrogen-bond acceptors (Lipinski definition) is 3. The van der Waals surface area contributed by atoms with E-state index in [1.54, 1.807) is 0 Å². The molecule has 0 N–H and O–H groups in total. The second kappa shape index (κ2) is 5.85. The number of carbonyl (C=O) groups is 2. The number of ether oxygens (including phenoxy) is 1. The third kappa shape index (κ3) is 4.42. The number of ketones is 1. The molecule has 0 fully saturated rings. The highest BCUT2D eigenvalue weighted by Gasteiger charge is 2.07. The summed E-state index contributed by atoms with van der Waals surface area (Å²) in [6.45, 7) is 1.60. The lowest BCUT2D eigenvalue weighted by Gasteiger charge is -2.05. The van der Waals surface area contributed by atoms with Crippen molar-refractivity contribution in [2.24, 2.45) is 0 Å². The Morgan fingerprint density at radius 1 is 1.33 bits per heavy atom. The molecule has 0 amide bonds. The van der Waals surface area contributed by atoms with Crippen LogP contribution in [0, 0.1) is 3.57 Å². The molecule has 0 radical (unpaired) electrons. The van der Waals surface area contributed by atoms with Gasteiger partial charge in [-0.05, 0) is 35.6 Å². The van der Waals surface area contributed by atoms with Gasteiger partial charge in [-0.1, -0.05) is 18.2 Å². The van der Waals surface area contributed by atoms with Gasteiger partial charge in [-0.25, -0.2) is 0 Å². The predicted molar refractivity (Wildman–Crippen MR) is 64.3 cm³/mol. The third-order valence-electron chi connectivity index (χ3n) is 1.74. The third-order valence-corrected chi connectivity index (χ3v) is 2.79. The first-order chi connectivity index (χ1) is 7.09. The standard InChI is InChI=1S/C11H11IO3/c1-8(13)6-11(14)15-7-9-4-2-3-5-10(9)12/h2-5H,6-7H2,1H3. The molecule has 0 heterocycles. The van der Waals surface area contributed by atoms with Crippen LogP contribution in [-0.2, 0) is 20.9 Å². The van der Waals surface area contributed by atoms with Gasteiger partial charge in [0.1, 0.15) is 18.8 Å². The number of Topliss-reactive ketones (excluding diaryl/α,β-unsaturated/α-hetero) is 1. The minimum Gasteiger partial charge on any atom is -0.460 e. The Bertz CT molecular complexity index is 374. The molecule has 0 saturated carbocycles. The summed E-state index contributed by atoms with van der Waals surface area (Å²) >= 11 is 2.17. The molecule has 15 heavy (non-hydrogen) atoms. The number of benzene rings is 1. The van der Waals surface area contributed by atoms with Crippen molar-refractivity contribution in [2.45, 2.75) is 20.0 Å². The van der Waals surface area contributed by atoms with Gasteiger partial charge in [-0.3, -0.25) is 9.59 Å². The molecule has 0 unspecified atom stereocenters. The molecular weight excluding hydrogens is 307 g/mol. The zero-order chi connectivity index (χ0) is 11.3. The maximum Gasteiger partial charge on any atom is 0.313 e. The van der Waals surface area contributed by atoms with Crippen LogP contribution in [0.4, 0.5) is 0 Å². The molecule has 0 spiro atoms. The Hall–Kier alpha value is -0.910. The molecule has 1 aromatic rings. The maximum absolute atomic E-state index is 11.1. The molecule has 0 aliphatic rings. The highest BCUT2D eigenvalue weighted by Crippen LogP contribution is 2.12. The van der Waals surface area contributed by atoms with E-state index in [0.29, 0.717) is 0 Å². The van der Waals surface area contributed by atoms with Crippen LogP contribution in [0.15, 0.2) is 24.3 Å². The van der Waals surface area contributed by atoms with Crippen LogP contribution in [0.3, 0.4) is 0 Å². The van der Waals surface area contributed by atoms with Gasteiger partial charge in [-0.15, -0.1) is 0 Å². The highest BCUT2D eigenvalue weighted by atomic mass is 127. The van der Waals surface area contributed by atoms with E-state index in [1.165, 1.54) is 6.92 Å². The summed E-state index contributed by atoms with van der Waals surface area (Å²) < 4.78 is 6.00. The summed E-state index contributed by atoms with van der Waals surface area (Å²) in [6, 6.07) is 7.64. The molecule has 1 rings (SSSR count). The van der Waals surface area contributed by atoms with E-state index in [1.807, 2.05) is 24.3 Å². The molecule has 0 aliphatic carbocycles. The largest absolute Gasteiger partial charge is 0.460 e. The fourth-order valence-corrected chi connectivity index (χ4v) is 1.57. The van der Waals surface area contributed by atoms with Crippen molar-refractivity contribution in [1.29, 1.82) is 0 Å². The van der Waals surface area contributed by atoms with Crippen molar-refractivity contribution in [3.63, 3.8) is 0 Å². The van der Waals surface area contributed by atoms with Crippen molar-refractivity contribution in [3.05, 3.63) is 33.4 Å². The molecule has 1 aromatic carbocycles. The second-order valence-corrected chi connectivity index (χ2v) is 4.29. The molecule has 0 atom stereocenters. The van der Waals surface area contributed by atoms with Crippen molar-refractivity contribution >= 4 is 34.3 Å². The topological polar surface area (TPSA) is 43.4 Å². The molecule has 80 valence electrons. The van der Waals surface area contributed by atoms with Gasteiger partial charge >= 0.3 is 5.97 Å². The minimum atomic E-state index is -0.470. The monoisotopic (exact) mass is 318 g/mol. The van der Waals surface area contributed by atoms with Crippen molar-refractivity contribution < 1.29 is 14.3 Å². The molecule has 4 heteroatoms. The quantitative estimate of drug-likeness (QED) is 0.486. The molecule has 0 saturated heterocycles. The van der Waals surface area contributed by atoms with Gasteiger partial charge in [0.25, 0.3) is 0 Å². The van der Waals surface area contributed by atoms with Crippen LogP contribution in [0.25, 0.3) is 0 Å². The number of halogens is 1. The first-order valence-corrected chi connectivity index (χ1v) is 5.56. The summed E-state index contributed by atoms with van der Waals surface area (Å²) in [5, 5.41) is 0. The van der Waals surface area contributed by atoms with E-state index in [9.17, 15) is 9.59 Å². The van der Waals surface area contributed by atoms with Crippen LogP contribution >= 0.6 is 22.6 Å². The van der Waals surface area contributed by atoms with Gasteiger partial charge in [0.05, 0.1) is 0 Å². The first kappa shape index (κ1) is 12.2. The Morgan fingerprint density at radius 3 is 2.60 bits per heavy atom. The van der Waals surface area contributed by atoms with Gasteiger partial charge in [0.2, 0.25) is 0 Å². The van der Waals surface area contributed by atoms with Crippen LogP contribution in [0.2, 0.25) is 0 Å². The molecule has 0 bridgehead atoms. The summed E-state index contributed by atoms with van der Waals surface area (Å²) in [6.07, 6.45) is -0.149. The lowest BCUT2D eigenvalue weighted by molar-refractivity contribution is -0.146. The van der Waals surface area contributed by atoms with E-state index in [2.05, 4.69) is 22.6 Å². The molecular formula is C11H11IO3. The lowest BCUT2D eigenvalue weighted by atomic mass is 10.2. The zero-order valence-electron chi connectivity index (χ0n) is 8.33. The highest BCUT2D eigenvalue weighted by molar-refractivity contribution is 14.1. The SMILES string of the molecule is CC(=O)CC(=O)OCc1ccccc1I. The maximum atomic E-state index is 11.1. The lowest BCUT2D eigenvalue weighted by Crippen LogP contribution is -2.09. The predicted octanol–water partition coefficient (Wildman–Crippen LogP) is 2.31. The van der Waals surface area contributed by atoms with Crippen LogP contribution in [0.1, 0.15) is 18.9 Å². The number of esters is 1. The van der Waals surface area contributed by atoms with Crippen molar-refractivity contribution in [1.82, 2.24) is 0 Å². The van der Waals surface area contributed by atoms with Crippen LogP contribution < -0.4 is 0 Å². The van der Waals surface area contributed by atoms with E-state index in [4.69, 9.17) is 4.74 Å². The van der Waals surface area contributed by atoms with Gasteiger partial charge in [0, 0.05) is 9.13 Å². The molecule has 0 aromatic heterocycles. The number of carbonyl (C=O) groups excluding carboxylic acids is 2. The average Bonchev–Trinajstić information content (AvgIpc) is 2.15. The Morgan fingerprint density at radius 2 is 2.00 bits per heavy atom. The summed E-state index contributed by atoms with van der Waals surface area (Å²) in [5.41, 5.74) is 0.954. The van der Waals surface area contributed by atoms with E-state index >= 15 is 0 Å². The Balaban J connectivity index is 2.47. The smallest absolute Gasteiger partial charge is 0.313 e. The van der Waals surface area contributed by atoms with E-state index in [-0.39, 0.29) is 18.8 Å². The van der Waals surface area contributed by atoms with Crippen LogP contribution in [0.5, 0.6) is 0 Å². The van der Waals surface area contributed by atoms with E-state index < -0.39 is 5.97 Å².